The van der Waals surface area contributed by atoms with Crippen molar-refractivity contribution in [2.75, 3.05) is 39.9 Å². The van der Waals surface area contributed by atoms with Crippen LogP contribution in [0.1, 0.15) is 18.9 Å². The van der Waals surface area contributed by atoms with Gasteiger partial charge in [-0.25, -0.2) is 0 Å². The highest BCUT2D eigenvalue weighted by atomic mass is 127. The highest BCUT2D eigenvalue weighted by Crippen LogP contribution is 2.16. The molecular weight excluding hydrogens is 393 g/mol. The van der Waals surface area contributed by atoms with Crippen LogP contribution in [0.4, 0.5) is 0 Å². The van der Waals surface area contributed by atoms with Gasteiger partial charge in [0.1, 0.15) is 0 Å². The molecule has 0 aromatic carbocycles. The van der Waals surface area contributed by atoms with E-state index in [1.165, 1.54) is 12.0 Å². The molecule has 6 nitrogen and oxygen atoms in total. The van der Waals surface area contributed by atoms with Crippen molar-refractivity contribution in [3.63, 3.8) is 0 Å². The first-order valence-electron chi connectivity index (χ1n) is 7.72. The van der Waals surface area contributed by atoms with Crippen molar-refractivity contribution in [2.45, 2.75) is 19.8 Å². The largest absolute Gasteiger partial charge is 0.384 e. The third kappa shape index (κ3) is 5.75. The van der Waals surface area contributed by atoms with Crippen molar-refractivity contribution >= 4 is 29.9 Å². The SMILES string of the molecule is CCNC(=NCCc1cnn(C)c1)N1CCC(COC)C1.I. The van der Waals surface area contributed by atoms with Gasteiger partial charge in [0.15, 0.2) is 5.96 Å². The maximum atomic E-state index is 5.26. The number of aliphatic imine (C=N–C) groups is 1. The predicted octanol–water partition coefficient (Wildman–Crippen LogP) is 1.51. The molecular formula is C15H28IN5O. The van der Waals surface area contributed by atoms with Gasteiger partial charge in [0.25, 0.3) is 0 Å². The van der Waals surface area contributed by atoms with Crippen LogP contribution in [0.25, 0.3) is 0 Å². The zero-order valence-electron chi connectivity index (χ0n) is 13.8. The van der Waals surface area contributed by atoms with E-state index < -0.39 is 0 Å². The number of likely N-dealkylation sites (tertiary alicyclic amines) is 1. The maximum absolute atomic E-state index is 5.26. The highest BCUT2D eigenvalue weighted by molar-refractivity contribution is 14.0. The van der Waals surface area contributed by atoms with Crippen molar-refractivity contribution in [1.29, 1.82) is 0 Å². The molecule has 0 saturated carbocycles. The molecule has 7 heteroatoms. The lowest BCUT2D eigenvalue weighted by Crippen LogP contribution is -2.40. The van der Waals surface area contributed by atoms with Crippen LogP contribution in [-0.4, -0.2) is 60.5 Å². The lowest BCUT2D eigenvalue weighted by Gasteiger charge is -2.21. The Balaban J connectivity index is 0.00000242. The number of guanidine groups is 1. The quantitative estimate of drug-likeness (QED) is 0.430. The summed E-state index contributed by atoms with van der Waals surface area (Å²) in [5, 5.41) is 7.58. The molecule has 2 heterocycles. The fourth-order valence-electron chi connectivity index (χ4n) is 2.71. The number of aromatic nitrogens is 2. The number of halogens is 1. The smallest absolute Gasteiger partial charge is 0.193 e. The lowest BCUT2D eigenvalue weighted by atomic mass is 10.1. The summed E-state index contributed by atoms with van der Waals surface area (Å²) in [4.78, 5) is 7.09. The van der Waals surface area contributed by atoms with Gasteiger partial charge in [-0.15, -0.1) is 24.0 Å². The summed E-state index contributed by atoms with van der Waals surface area (Å²) in [7, 11) is 3.72. The molecule has 1 unspecified atom stereocenters. The Kier molecular flexibility index (Phi) is 8.77. The molecule has 0 spiro atoms. The molecule has 0 radical (unpaired) electrons. The number of methoxy groups -OCH3 is 1. The van der Waals surface area contributed by atoms with E-state index in [-0.39, 0.29) is 24.0 Å². The molecule has 0 bridgehead atoms. The van der Waals surface area contributed by atoms with Gasteiger partial charge in [0, 0.05) is 52.5 Å². The van der Waals surface area contributed by atoms with Crippen LogP contribution in [0.5, 0.6) is 0 Å². The normalized spacial score (nSPS) is 18.4. The van der Waals surface area contributed by atoms with E-state index in [0.29, 0.717) is 5.92 Å². The van der Waals surface area contributed by atoms with Crippen LogP contribution in [0.2, 0.25) is 0 Å². The fraction of sp³-hybridized carbons (Fsp3) is 0.733. The van der Waals surface area contributed by atoms with Gasteiger partial charge in [-0.05, 0) is 25.3 Å². The topological polar surface area (TPSA) is 54.7 Å². The first-order chi connectivity index (χ1) is 10.2. The van der Waals surface area contributed by atoms with Crippen LogP contribution in [0.15, 0.2) is 17.4 Å². The number of nitrogens with zero attached hydrogens (tertiary/aromatic N) is 4. The molecule has 126 valence electrons. The van der Waals surface area contributed by atoms with E-state index in [1.54, 1.807) is 7.11 Å². The Morgan fingerprint density at radius 3 is 3.00 bits per heavy atom. The van der Waals surface area contributed by atoms with Gasteiger partial charge in [-0.1, -0.05) is 0 Å². The van der Waals surface area contributed by atoms with Crippen molar-refractivity contribution in [2.24, 2.45) is 18.0 Å². The highest BCUT2D eigenvalue weighted by Gasteiger charge is 2.24. The van der Waals surface area contributed by atoms with Gasteiger partial charge < -0.3 is 15.0 Å². The Morgan fingerprint density at radius 2 is 2.36 bits per heavy atom. The van der Waals surface area contributed by atoms with Crippen molar-refractivity contribution < 1.29 is 4.74 Å². The molecule has 1 aliphatic rings. The van der Waals surface area contributed by atoms with Gasteiger partial charge in [-0.3, -0.25) is 9.67 Å². The Bertz CT molecular complexity index is 463. The Labute approximate surface area is 150 Å². The summed E-state index contributed by atoms with van der Waals surface area (Å²) in [5.41, 5.74) is 1.23. The standard InChI is InChI=1S/C15H27N5O.HI/c1-4-16-15(20-8-6-14(11-20)12-21-3)17-7-5-13-9-18-19(2)10-13;/h9-10,14H,4-8,11-12H2,1-3H3,(H,16,17);1H. The summed E-state index contributed by atoms with van der Waals surface area (Å²) in [6, 6.07) is 0. The number of nitrogens with one attached hydrogen (secondary N) is 1. The van der Waals surface area contributed by atoms with Gasteiger partial charge >= 0.3 is 0 Å². The van der Waals surface area contributed by atoms with Crippen molar-refractivity contribution in [1.82, 2.24) is 20.0 Å². The molecule has 2 rings (SSSR count). The molecule has 1 aromatic rings. The van der Waals surface area contributed by atoms with Gasteiger partial charge in [-0.2, -0.15) is 5.10 Å². The molecule has 1 fully saturated rings. The molecule has 1 N–H and O–H groups in total. The molecule has 0 aliphatic carbocycles. The number of hydrogen-bond acceptors (Lipinski definition) is 3. The van der Waals surface area contributed by atoms with Crippen molar-refractivity contribution in [3.8, 4) is 0 Å². The first-order valence-corrected chi connectivity index (χ1v) is 7.72. The second kappa shape index (κ2) is 10.0. The number of aryl methyl sites for hydroxylation is 1. The van der Waals surface area contributed by atoms with Crippen LogP contribution < -0.4 is 5.32 Å². The minimum Gasteiger partial charge on any atom is -0.384 e. The number of hydrogen-bond donors (Lipinski definition) is 1. The summed E-state index contributed by atoms with van der Waals surface area (Å²) in [6.45, 7) is 6.74. The predicted molar refractivity (Wildman–Crippen MR) is 99.9 cm³/mol. The first kappa shape index (κ1) is 19.2. The van der Waals surface area contributed by atoms with E-state index in [4.69, 9.17) is 9.73 Å². The Hall–Kier alpha value is -0.830. The van der Waals surface area contributed by atoms with Gasteiger partial charge in [0.05, 0.1) is 12.8 Å². The van der Waals surface area contributed by atoms with E-state index in [1.807, 2.05) is 24.1 Å². The Morgan fingerprint density at radius 1 is 1.55 bits per heavy atom. The number of rotatable bonds is 6. The van der Waals surface area contributed by atoms with Gasteiger partial charge in [0.2, 0.25) is 0 Å². The number of ether oxygens (including phenoxy) is 1. The molecule has 1 saturated heterocycles. The molecule has 1 aromatic heterocycles. The minimum absolute atomic E-state index is 0. The average Bonchev–Trinajstić information content (AvgIpc) is 3.08. The molecule has 0 amide bonds. The van der Waals surface area contributed by atoms with E-state index in [0.717, 1.165) is 45.2 Å². The van der Waals surface area contributed by atoms with E-state index >= 15 is 0 Å². The fourth-order valence-corrected chi connectivity index (χ4v) is 2.71. The zero-order chi connectivity index (χ0) is 15.1. The maximum Gasteiger partial charge on any atom is 0.193 e. The second-order valence-electron chi connectivity index (χ2n) is 5.56. The van der Waals surface area contributed by atoms with E-state index in [9.17, 15) is 0 Å². The van der Waals surface area contributed by atoms with Crippen LogP contribution >= 0.6 is 24.0 Å². The third-order valence-electron chi connectivity index (χ3n) is 3.74. The van der Waals surface area contributed by atoms with Crippen molar-refractivity contribution in [3.05, 3.63) is 18.0 Å². The third-order valence-corrected chi connectivity index (χ3v) is 3.74. The average molecular weight is 421 g/mol. The van der Waals surface area contributed by atoms with E-state index in [2.05, 4.69) is 22.2 Å². The molecule has 22 heavy (non-hydrogen) atoms. The zero-order valence-corrected chi connectivity index (χ0v) is 16.1. The van der Waals surface area contributed by atoms with Crippen LogP contribution in [0, 0.1) is 5.92 Å². The van der Waals surface area contributed by atoms with Crippen LogP contribution in [0.3, 0.4) is 0 Å². The lowest BCUT2D eigenvalue weighted by molar-refractivity contribution is 0.157. The second-order valence-corrected chi connectivity index (χ2v) is 5.56. The summed E-state index contributed by atoms with van der Waals surface area (Å²) < 4.78 is 7.09. The summed E-state index contributed by atoms with van der Waals surface area (Å²) in [6.07, 6.45) is 6.07. The van der Waals surface area contributed by atoms with Crippen LogP contribution in [-0.2, 0) is 18.2 Å². The summed E-state index contributed by atoms with van der Waals surface area (Å²) in [5.74, 6) is 1.65. The molecule has 1 atom stereocenters. The molecule has 1 aliphatic heterocycles. The minimum atomic E-state index is 0. The monoisotopic (exact) mass is 421 g/mol. The summed E-state index contributed by atoms with van der Waals surface area (Å²) >= 11 is 0.